The highest BCUT2D eigenvalue weighted by molar-refractivity contribution is 6.43. The predicted octanol–water partition coefficient (Wildman–Crippen LogP) is 5.64. The van der Waals surface area contributed by atoms with Crippen molar-refractivity contribution in [3.63, 3.8) is 0 Å². The largest absolute Gasteiger partial charge is 0.0843 e. The first-order valence-electron chi connectivity index (χ1n) is 4.72. The van der Waals surface area contributed by atoms with Gasteiger partial charge in [0.1, 0.15) is 0 Å². The third kappa shape index (κ3) is 4.89. The maximum absolute atomic E-state index is 5.60. The van der Waals surface area contributed by atoms with E-state index in [9.17, 15) is 0 Å². The molecular weight excluding hydrogens is 263 g/mol. The molecule has 0 amide bonds. The standard InChI is InChI=1S/C7H8.C6H3Cl3/c1-7-5-3-2-4-6-7;7-4-1-2-5(8)6(9)3-4/h2-6H,1H3;1-3H. The molecule has 0 saturated heterocycles. The quantitative estimate of drug-likeness (QED) is 0.545. The molecule has 0 radical (unpaired) electrons. The summed E-state index contributed by atoms with van der Waals surface area (Å²) in [5.41, 5.74) is 1.32. The van der Waals surface area contributed by atoms with Crippen molar-refractivity contribution in [3.05, 3.63) is 69.2 Å². The maximum atomic E-state index is 5.60. The highest BCUT2D eigenvalue weighted by atomic mass is 35.5. The van der Waals surface area contributed by atoms with E-state index in [4.69, 9.17) is 34.8 Å². The van der Waals surface area contributed by atoms with E-state index in [0.717, 1.165) is 0 Å². The van der Waals surface area contributed by atoms with E-state index < -0.39 is 0 Å². The predicted molar refractivity (Wildman–Crippen MR) is 72.7 cm³/mol. The second kappa shape index (κ2) is 6.80. The summed E-state index contributed by atoms with van der Waals surface area (Å²) in [7, 11) is 0. The molecule has 3 heteroatoms. The third-order valence-corrected chi connectivity index (χ3v) is 2.80. The van der Waals surface area contributed by atoms with Gasteiger partial charge in [-0.3, -0.25) is 0 Å². The van der Waals surface area contributed by atoms with Gasteiger partial charge < -0.3 is 0 Å². The van der Waals surface area contributed by atoms with E-state index in [0.29, 0.717) is 15.1 Å². The molecule has 0 heterocycles. The van der Waals surface area contributed by atoms with Crippen LogP contribution in [0.25, 0.3) is 0 Å². The van der Waals surface area contributed by atoms with E-state index in [1.165, 1.54) is 5.56 Å². The molecule has 0 aromatic heterocycles. The molecule has 0 atom stereocenters. The fraction of sp³-hybridized carbons (Fsp3) is 0.0769. The summed E-state index contributed by atoms with van der Waals surface area (Å²) in [6, 6.07) is 15.2. The summed E-state index contributed by atoms with van der Waals surface area (Å²) < 4.78 is 0. The van der Waals surface area contributed by atoms with Crippen LogP contribution in [0, 0.1) is 6.92 Å². The fourth-order valence-corrected chi connectivity index (χ4v) is 1.53. The molecule has 0 N–H and O–H groups in total. The van der Waals surface area contributed by atoms with E-state index in [-0.39, 0.29) is 0 Å². The van der Waals surface area contributed by atoms with Gasteiger partial charge in [-0.25, -0.2) is 0 Å². The molecule has 0 unspecified atom stereocenters. The number of hydrogen-bond donors (Lipinski definition) is 0. The Kier molecular flexibility index (Phi) is 5.68. The Bertz CT molecular complexity index is 438. The van der Waals surface area contributed by atoms with Crippen molar-refractivity contribution in [2.45, 2.75) is 6.92 Å². The van der Waals surface area contributed by atoms with Crippen LogP contribution in [0.2, 0.25) is 15.1 Å². The van der Waals surface area contributed by atoms with Gasteiger partial charge in [0, 0.05) is 5.02 Å². The van der Waals surface area contributed by atoms with Crippen LogP contribution in [0.15, 0.2) is 48.5 Å². The fourth-order valence-electron chi connectivity index (χ4n) is 1.00. The Morgan fingerprint density at radius 1 is 0.750 bits per heavy atom. The van der Waals surface area contributed by atoms with Crippen LogP contribution < -0.4 is 0 Å². The normalized spacial score (nSPS) is 9.25. The van der Waals surface area contributed by atoms with Gasteiger partial charge in [0.25, 0.3) is 0 Å². The second-order valence-electron chi connectivity index (χ2n) is 3.21. The van der Waals surface area contributed by atoms with E-state index in [2.05, 4.69) is 19.1 Å². The van der Waals surface area contributed by atoms with Crippen molar-refractivity contribution >= 4 is 34.8 Å². The molecular formula is C13H11Cl3. The Labute approximate surface area is 111 Å². The average molecular weight is 274 g/mol. The van der Waals surface area contributed by atoms with Crippen LogP contribution in [-0.4, -0.2) is 0 Å². The van der Waals surface area contributed by atoms with Crippen molar-refractivity contribution in [1.29, 1.82) is 0 Å². The zero-order chi connectivity index (χ0) is 12.0. The molecule has 0 bridgehead atoms. The number of halogens is 3. The number of benzene rings is 2. The average Bonchev–Trinajstić information content (AvgIpc) is 2.26. The Morgan fingerprint density at radius 2 is 1.38 bits per heavy atom. The monoisotopic (exact) mass is 272 g/mol. The van der Waals surface area contributed by atoms with Crippen molar-refractivity contribution in [1.82, 2.24) is 0 Å². The molecule has 0 aliphatic carbocycles. The van der Waals surface area contributed by atoms with Gasteiger partial charge in [-0.05, 0) is 25.1 Å². The number of aryl methyl sites for hydroxylation is 1. The molecule has 0 spiro atoms. The molecule has 2 aromatic rings. The summed E-state index contributed by atoms with van der Waals surface area (Å²) in [4.78, 5) is 0. The first-order valence-corrected chi connectivity index (χ1v) is 5.85. The van der Waals surface area contributed by atoms with Gasteiger partial charge in [-0.2, -0.15) is 0 Å². The van der Waals surface area contributed by atoms with Crippen LogP contribution in [0.1, 0.15) is 5.56 Å². The van der Waals surface area contributed by atoms with Crippen LogP contribution >= 0.6 is 34.8 Å². The van der Waals surface area contributed by atoms with Crippen molar-refractivity contribution in [3.8, 4) is 0 Å². The van der Waals surface area contributed by atoms with Crippen molar-refractivity contribution in [2.24, 2.45) is 0 Å². The number of rotatable bonds is 0. The highest BCUT2D eigenvalue weighted by Gasteiger charge is 1.94. The van der Waals surface area contributed by atoms with E-state index in [1.807, 2.05) is 18.2 Å². The second-order valence-corrected chi connectivity index (χ2v) is 4.46. The maximum Gasteiger partial charge on any atom is 0.0607 e. The molecule has 0 nitrogen and oxygen atoms in total. The minimum Gasteiger partial charge on any atom is -0.0843 e. The van der Waals surface area contributed by atoms with Gasteiger partial charge in [0.05, 0.1) is 10.0 Å². The molecule has 16 heavy (non-hydrogen) atoms. The molecule has 0 saturated carbocycles. The molecule has 0 aliphatic heterocycles. The lowest BCUT2D eigenvalue weighted by Crippen LogP contribution is -1.66. The highest BCUT2D eigenvalue weighted by Crippen LogP contribution is 2.24. The van der Waals surface area contributed by atoms with Gasteiger partial charge >= 0.3 is 0 Å². The molecule has 2 aromatic carbocycles. The minimum atomic E-state index is 0.490. The Hall–Kier alpha value is -0.690. The molecule has 84 valence electrons. The lowest BCUT2D eigenvalue weighted by Gasteiger charge is -1.92. The Morgan fingerprint density at radius 3 is 1.75 bits per heavy atom. The van der Waals surface area contributed by atoms with Crippen LogP contribution in [-0.2, 0) is 0 Å². The molecule has 0 aliphatic rings. The van der Waals surface area contributed by atoms with Gasteiger partial charge in [0.15, 0.2) is 0 Å². The summed E-state index contributed by atoms with van der Waals surface area (Å²) in [5.74, 6) is 0. The van der Waals surface area contributed by atoms with E-state index >= 15 is 0 Å². The van der Waals surface area contributed by atoms with Crippen molar-refractivity contribution < 1.29 is 0 Å². The summed E-state index contributed by atoms with van der Waals surface area (Å²) >= 11 is 16.8. The lowest BCUT2D eigenvalue weighted by molar-refractivity contribution is 1.48. The summed E-state index contributed by atoms with van der Waals surface area (Å²) in [6.45, 7) is 2.08. The summed E-state index contributed by atoms with van der Waals surface area (Å²) in [5, 5.41) is 1.62. The first-order chi connectivity index (χ1) is 7.59. The molecule has 0 fully saturated rings. The van der Waals surface area contributed by atoms with E-state index in [1.54, 1.807) is 18.2 Å². The zero-order valence-electron chi connectivity index (χ0n) is 8.75. The number of hydrogen-bond acceptors (Lipinski definition) is 0. The minimum absolute atomic E-state index is 0.490. The smallest absolute Gasteiger partial charge is 0.0607 e. The van der Waals surface area contributed by atoms with Crippen molar-refractivity contribution in [2.75, 3.05) is 0 Å². The molecule has 2 rings (SSSR count). The van der Waals surface area contributed by atoms with Gasteiger partial charge in [-0.15, -0.1) is 0 Å². The lowest BCUT2D eigenvalue weighted by atomic mass is 10.2. The topological polar surface area (TPSA) is 0 Å². The summed E-state index contributed by atoms with van der Waals surface area (Å²) in [6.07, 6.45) is 0. The Balaban J connectivity index is 0.000000165. The van der Waals surface area contributed by atoms with Crippen LogP contribution in [0.4, 0.5) is 0 Å². The SMILES string of the molecule is Cc1ccccc1.Clc1ccc(Cl)c(Cl)c1. The third-order valence-electron chi connectivity index (χ3n) is 1.82. The first kappa shape index (κ1) is 13.4. The van der Waals surface area contributed by atoms with Gasteiger partial charge in [-0.1, -0.05) is 70.7 Å². The van der Waals surface area contributed by atoms with Crippen LogP contribution in [0.3, 0.4) is 0 Å². The van der Waals surface area contributed by atoms with Crippen LogP contribution in [0.5, 0.6) is 0 Å². The van der Waals surface area contributed by atoms with Gasteiger partial charge in [0.2, 0.25) is 0 Å². The zero-order valence-corrected chi connectivity index (χ0v) is 11.0.